The fourth-order valence-electron chi connectivity index (χ4n) is 3.51. The standard InChI is InChI=1S/C27H41N3O4/c1-12-19-15-13-14-16-20(19)22(23(31)29-26(6,7)8)30(18(4)5)24(32)21(17(2)3)28-25(33)34-27(9,10)11/h1,13-18,21-22H,2-11H3,(H,28,33)(H,29,31). The molecule has 2 N–H and O–H groups in total. The summed E-state index contributed by atoms with van der Waals surface area (Å²) in [7, 11) is 0. The van der Waals surface area contributed by atoms with E-state index in [2.05, 4.69) is 16.6 Å². The van der Waals surface area contributed by atoms with Gasteiger partial charge in [0.15, 0.2) is 0 Å². The monoisotopic (exact) mass is 471 g/mol. The molecular weight excluding hydrogens is 430 g/mol. The number of nitrogens with zero attached hydrogens (tertiary/aromatic N) is 1. The first kappa shape index (κ1) is 29.0. The molecule has 1 rings (SSSR count). The molecule has 7 heteroatoms. The molecule has 188 valence electrons. The molecule has 0 aromatic heterocycles. The summed E-state index contributed by atoms with van der Waals surface area (Å²) >= 11 is 0. The Kier molecular flexibility index (Phi) is 9.74. The van der Waals surface area contributed by atoms with Gasteiger partial charge in [0.1, 0.15) is 17.7 Å². The number of benzene rings is 1. The largest absolute Gasteiger partial charge is 0.444 e. The number of ether oxygens (including phenoxy) is 1. The van der Waals surface area contributed by atoms with Crippen molar-refractivity contribution in [2.24, 2.45) is 5.92 Å². The normalized spacial score (nSPS) is 13.6. The van der Waals surface area contributed by atoms with E-state index in [1.54, 1.807) is 45.0 Å². The van der Waals surface area contributed by atoms with E-state index >= 15 is 0 Å². The molecule has 0 spiro atoms. The van der Waals surface area contributed by atoms with Crippen molar-refractivity contribution in [3.05, 3.63) is 35.4 Å². The van der Waals surface area contributed by atoms with Crippen molar-refractivity contribution in [2.75, 3.05) is 0 Å². The zero-order valence-corrected chi connectivity index (χ0v) is 22.3. The van der Waals surface area contributed by atoms with E-state index in [9.17, 15) is 14.4 Å². The summed E-state index contributed by atoms with van der Waals surface area (Å²) in [6.07, 6.45) is 5.05. The molecule has 0 radical (unpaired) electrons. The highest BCUT2D eigenvalue weighted by Crippen LogP contribution is 2.29. The van der Waals surface area contributed by atoms with Crippen LogP contribution in [0.25, 0.3) is 0 Å². The molecule has 1 aromatic carbocycles. The SMILES string of the molecule is C#Cc1ccccc1C(C(=O)NC(C)(C)C)N(C(=O)C(NC(=O)OC(C)(C)C)C(C)C)C(C)C. The molecule has 2 unspecified atom stereocenters. The van der Waals surface area contributed by atoms with Crippen molar-refractivity contribution in [3.8, 4) is 12.3 Å². The first-order chi connectivity index (χ1) is 15.5. The Morgan fingerprint density at radius 3 is 2.00 bits per heavy atom. The smallest absolute Gasteiger partial charge is 0.408 e. The molecule has 0 saturated heterocycles. The maximum absolute atomic E-state index is 13.9. The molecule has 0 aliphatic heterocycles. The van der Waals surface area contributed by atoms with Gasteiger partial charge in [0.25, 0.3) is 0 Å². The minimum Gasteiger partial charge on any atom is -0.444 e. The van der Waals surface area contributed by atoms with Gasteiger partial charge in [0, 0.05) is 17.1 Å². The molecule has 2 atom stereocenters. The fraction of sp³-hybridized carbons (Fsp3) is 0.593. The Morgan fingerprint density at radius 1 is 1.00 bits per heavy atom. The highest BCUT2D eigenvalue weighted by Gasteiger charge is 2.40. The summed E-state index contributed by atoms with van der Waals surface area (Å²) in [5.74, 6) is 1.63. The van der Waals surface area contributed by atoms with Gasteiger partial charge >= 0.3 is 6.09 Å². The van der Waals surface area contributed by atoms with Gasteiger partial charge in [-0.25, -0.2) is 4.79 Å². The third kappa shape index (κ3) is 8.40. The highest BCUT2D eigenvalue weighted by molar-refractivity contribution is 5.93. The minimum atomic E-state index is -0.985. The summed E-state index contributed by atoms with van der Waals surface area (Å²) in [5, 5.41) is 5.69. The summed E-state index contributed by atoms with van der Waals surface area (Å²) in [5.41, 5.74) is -0.171. The molecular formula is C27H41N3O4. The minimum absolute atomic E-state index is 0.254. The lowest BCUT2D eigenvalue weighted by molar-refractivity contribution is -0.146. The maximum Gasteiger partial charge on any atom is 0.408 e. The molecule has 7 nitrogen and oxygen atoms in total. The molecule has 0 aliphatic rings. The lowest BCUT2D eigenvalue weighted by Crippen LogP contribution is -2.57. The van der Waals surface area contributed by atoms with Crippen molar-refractivity contribution in [3.63, 3.8) is 0 Å². The van der Waals surface area contributed by atoms with Gasteiger partial charge < -0.3 is 20.3 Å². The molecule has 0 saturated carbocycles. The van der Waals surface area contributed by atoms with Crippen LogP contribution in [0.5, 0.6) is 0 Å². The van der Waals surface area contributed by atoms with Crippen molar-refractivity contribution < 1.29 is 19.1 Å². The predicted octanol–water partition coefficient (Wildman–Crippen LogP) is 4.41. The molecule has 34 heavy (non-hydrogen) atoms. The van der Waals surface area contributed by atoms with Crippen LogP contribution in [0.15, 0.2) is 24.3 Å². The average molecular weight is 472 g/mol. The van der Waals surface area contributed by atoms with Crippen LogP contribution < -0.4 is 10.6 Å². The zero-order valence-electron chi connectivity index (χ0n) is 22.3. The van der Waals surface area contributed by atoms with Gasteiger partial charge in [0.05, 0.1) is 0 Å². The molecule has 0 bridgehead atoms. The summed E-state index contributed by atoms with van der Waals surface area (Å²) in [6, 6.07) is 4.83. The number of hydrogen-bond donors (Lipinski definition) is 2. The van der Waals surface area contributed by atoms with Crippen LogP contribution in [-0.4, -0.2) is 46.0 Å². The molecule has 0 fully saturated rings. The van der Waals surface area contributed by atoms with E-state index in [1.807, 2.05) is 48.5 Å². The quantitative estimate of drug-likeness (QED) is 0.577. The topological polar surface area (TPSA) is 87.7 Å². The first-order valence-corrected chi connectivity index (χ1v) is 11.7. The Labute approximate surface area is 205 Å². The number of carbonyl (C=O) groups excluding carboxylic acids is 3. The second kappa shape index (κ2) is 11.4. The van der Waals surface area contributed by atoms with Crippen LogP contribution in [0.2, 0.25) is 0 Å². The van der Waals surface area contributed by atoms with Crippen LogP contribution in [-0.2, 0) is 14.3 Å². The van der Waals surface area contributed by atoms with Crippen LogP contribution >= 0.6 is 0 Å². The van der Waals surface area contributed by atoms with Crippen LogP contribution in [0.1, 0.15) is 86.4 Å². The van der Waals surface area contributed by atoms with Gasteiger partial charge in [0.2, 0.25) is 11.8 Å². The summed E-state index contributed by atoms with van der Waals surface area (Å²) in [4.78, 5) is 41.6. The predicted molar refractivity (Wildman–Crippen MR) is 135 cm³/mol. The number of rotatable bonds is 7. The number of hydrogen-bond acceptors (Lipinski definition) is 4. The number of terminal acetylenes is 1. The third-order valence-corrected chi connectivity index (χ3v) is 4.85. The zero-order chi connectivity index (χ0) is 26.4. The first-order valence-electron chi connectivity index (χ1n) is 11.7. The maximum atomic E-state index is 13.9. The summed E-state index contributed by atoms with van der Waals surface area (Å²) in [6.45, 7) is 18.2. The fourth-order valence-corrected chi connectivity index (χ4v) is 3.51. The van der Waals surface area contributed by atoms with Gasteiger partial charge in [-0.1, -0.05) is 38.0 Å². The third-order valence-electron chi connectivity index (χ3n) is 4.85. The van der Waals surface area contributed by atoms with Gasteiger partial charge in [-0.05, 0) is 72.9 Å². The lowest BCUT2D eigenvalue weighted by atomic mass is 9.94. The molecule has 3 amide bonds. The Morgan fingerprint density at radius 2 is 1.56 bits per heavy atom. The second-order valence-corrected chi connectivity index (χ2v) is 11.1. The molecule has 0 aliphatic carbocycles. The second-order valence-electron chi connectivity index (χ2n) is 11.1. The van der Waals surface area contributed by atoms with Crippen LogP contribution in [0, 0.1) is 18.3 Å². The van der Waals surface area contributed by atoms with E-state index in [0.717, 1.165) is 0 Å². The van der Waals surface area contributed by atoms with Crippen molar-refractivity contribution in [1.82, 2.24) is 15.5 Å². The Hall–Kier alpha value is -3.01. The highest BCUT2D eigenvalue weighted by atomic mass is 16.6. The Bertz CT molecular complexity index is 917. The van der Waals surface area contributed by atoms with E-state index in [-0.39, 0.29) is 17.9 Å². The average Bonchev–Trinajstić information content (AvgIpc) is 2.66. The number of nitrogens with one attached hydrogen (secondary N) is 2. The van der Waals surface area contributed by atoms with E-state index < -0.39 is 35.2 Å². The number of amides is 3. The Balaban J connectivity index is 3.57. The van der Waals surface area contributed by atoms with E-state index in [4.69, 9.17) is 11.2 Å². The van der Waals surface area contributed by atoms with Crippen molar-refractivity contribution in [1.29, 1.82) is 0 Å². The molecule has 0 heterocycles. The van der Waals surface area contributed by atoms with Gasteiger partial charge in [-0.15, -0.1) is 6.42 Å². The number of alkyl carbamates (subject to hydrolysis) is 1. The van der Waals surface area contributed by atoms with Crippen molar-refractivity contribution in [2.45, 2.75) is 98.5 Å². The molecule has 1 aromatic rings. The van der Waals surface area contributed by atoms with E-state index in [0.29, 0.717) is 11.1 Å². The van der Waals surface area contributed by atoms with Gasteiger partial charge in [-0.3, -0.25) is 9.59 Å². The summed E-state index contributed by atoms with van der Waals surface area (Å²) < 4.78 is 5.38. The van der Waals surface area contributed by atoms with E-state index in [1.165, 1.54) is 4.90 Å². The van der Waals surface area contributed by atoms with Crippen LogP contribution in [0.4, 0.5) is 4.79 Å². The van der Waals surface area contributed by atoms with Crippen molar-refractivity contribution >= 4 is 17.9 Å². The number of carbonyl (C=O) groups is 3. The lowest BCUT2D eigenvalue weighted by Gasteiger charge is -2.39. The van der Waals surface area contributed by atoms with Gasteiger partial charge in [-0.2, -0.15) is 0 Å². The van der Waals surface area contributed by atoms with Crippen LogP contribution in [0.3, 0.4) is 0 Å².